The van der Waals surface area contributed by atoms with Crippen LogP contribution in [0.25, 0.3) is 0 Å². The summed E-state index contributed by atoms with van der Waals surface area (Å²) in [6.45, 7) is 1.21. The lowest BCUT2D eigenvalue weighted by atomic mass is 10.2. The predicted molar refractivity (Wildman–Crippen MR) is 114 cm³/mol. The van der Waals surface area contributed by atoms with Crippen LogP contribution in [-0.2, 0) is 27.4 Å². The Morgan fingerprint density at radius 3 is 2.69 bits per heavy atom. The van der Waals surface area contributed by atoms with Crippen LogP contribution in [0.4, 0.5) is 0 Å². The van der Waals surface area contributed by atoms with Crippen LogP contribution < -0.4 is 10.1 Å². The number of hydrogen-bond acceptors (Lipinski definition) is 9. The minimum absolute atomic E-state index is 0.0585. The summed E-state index contributed by atoms with van der Waals surface area (Å²) in [4.78, 5) is 17.0. The van der Waals surface area contributed by atoms with Crippen molar-refractivity contribution in [2.24, 2.45) is 0 Å². The fraction of sp³-hybridized carbons (Fsp3) is 0.316. The van der Waals surface area contributed by atoms with Crippen molar-refractivity contribution in [1.82, 2.24) is 10.3 Å². The highest BCUT2D eigenvalue weighted by atomic mass is 35.5. The molecule has 0 bridgehead atoms. The lowest BCUT2D eigenvalue weighted by molar-refractivity contribution is -0.139. The molecule has 0 spiro atoms. The van der Waals surface area contributed by atoms with E-state index in [0.29, 0.717) is 22.6 Å². The Hall–Kier alpha value is -2.25. The van der Waals surface area contributed by atoms with Crippen LogP contribution in [0.5, 0.6) is 5.75 Å². The first-order chi connectivity index (χ1) is 14.1. The van der Waals surface area contributed by atoms with Gasteiger partial charge in [-0.3, -0.25) is 0 Å². The summed E-state index contributed by atoms with van der Waals surface area (Å²) in [5.41, 5.74) is 0.909. The van der Waals surface area contributed by atoms with Crippen LogP contribution in [0.15, 0.2) is 41.1 Å². The van der Waals surface area contributed by atoms with E-state index in [2.05, 4.69) is 10.3 Å². The third-order valence-electron chi connectivity index (χ3n) is 3.55. The van der Waals surface area contributed by atoms with E-state index in [0.717, 1.165) is 16.2 Å². The Kier molecular flexibility index (Phi) is 9.80. The standard InChI is InChI=1S/C19H20ClN3O4S2/c1-25-7-8-26-18(24)16(9-21)17(28-2)22-10-13-3-5-14(6-4-13)27-12-15-11-23-19(20)29-15/h3-6,11,22H,7-8,10,12H2,1-2H3/b17-16+. The zero-order valence-corrected chi connectivity index (χ0v) is 18.3. The van der Waals surface area contributed by atoms with Gasteiger partial charge in [0.1, 0.15) is 25.0 Å². The number of hydrogen-bond donors (Lipinski definition) is 1. The summed E-state index contributed by atoms with van der Waals surface area (Å²) in [5, 5.41) is 12.9. The number of benzene rings is 1. The van der Waals surface area contributed by atoms with Crippen molar-refractivity contribution in [3.05, 3.63) is 56.0 Å². The number of carbonyl (C=O) groups is 1. The first kappa shape index (κ1) is 23.0. The number of esters is 1. The monoisotopic (exact) mass is 453 g/mol. The van der Waals surface area contributed by atoms with E-state index in [4.69, 9.17) is 25.8 Å². The van der Waals surface area contributed by atoms with Crippen LogP contribution in [0.1, 0.15) is 10.4 Å². The molecule has 0 saturated heterocycles. The van der Waals surface area contributed by atoms with Gasteiger partial charge in [0.2, 0.25) is 0 Å². The van der Waals surface area contributed by atoms with Crippen molar-refractivity contribution in [2.75, 3.05) is 26.6 Å². The zero-order chi connectivity index (χ0) is 21.1. The summed E-state index contributed by atoms with van der Waals surface area (Å²) in [5.74, 6) is 0.0478. The molecule has 10 heteroatoms. The van der Waals surface area contributed by atoms with E-state index in [-0.39, 0.29) is 18.8 Å². The second-order valence-corrected chi connectivity index (χ2v) is 8.03. The number of halogens is 1. The highest BCUT2D eigenvalue weighted by Crippen LogP contribution is 2.21. The number of aromatic nitrogens is 1. The lowest BCUT2D eigenvalue weighted by Gasteiger charge is -2.12. The highest BCUT2D eigenvalue weighted by Gasteiger charge is 2.16. The van der Waals surface area contributed by atoms with Crippen LogP contribution >= 0.6 is 34.7 Å². The maximum Gasteiger partial charge on any atom is 0.351 e. The molecule has 1 N–H and O–H groups in total. The number of nitriles is 1. The van der Waals surface area contributed by atoms with Crippen molar-refractivity contribution in [2.45, 2.75) is 13.2 Å². The minimum atomic E-state index is -0.673. The number of nitrogens with zero attached hydrogens (tertiary/aromatic N) is 2. The summed E-state index contributed by atoms with van der Waals surface area (Å²) in [7, 11) is 1.51. The number of methoxy groups -OCH3 is 1. The molecule has 0 radical (unpaired) electrons. The summed E-state index contributed by atoms with van der Waals surface area (Å²) in [6.07, 6.45) is 3.47. The number of carbonyl (C=O) groups excluding carboxylic acids is 1. The summed E-state index contributed by atoms with van der Waals surface area (Å²) in [6, 6.07) is 9.42. The van der Waals surface area contributed by atoms with E-state index in [1.807, 2.05) is 30.3 Å². The second-order valence-electron chi connectivity index (χ2n) is 5.51. The topological polar surface area (TPSA) is 93.5 Å². The Bertz CT molecular complexity index is 878. The number of rotatable bonds is 11. The van der Waals surface area contributed by atoms with E-state index in [9.17, 15) is 10.1 Å². The normalized spacial score (nSPS) is 11.4. The fourth-order valence-corrected chi connectivity index (χ4v) is 3.57. The first-order valence-corrected chi connectivity index (χ1v) is 10.9. The van der Waals surface area contributed by atoms with Crippen LogP contribution in [-0.4, -0.2) is 37.5 Å². The number of ether oxygens (including phenoxy) is 3. The van der Waals surface area contributed by atoms with Gasteiger partial charge in [0.05, 0.1) is 16.5 Å². The highest BCUT2D eigenvalue weighted by molar-refractivity contribution is 8.02. The third-order valence-corrected chi connectivity index (χ3v) is 5.40. The van der Waals surface area contributed by atoms with Crippen LogP contribution in [0.3, 0.4) is 0 Å². The van der Waals surface area contributed by atoms with Crippen molar-refractivity contribution in [3.63, 3.8) is 0 Å². The second kappa shape index (κ2) is 12.3. The van der Waals surface area contributed by atoms with Gasteiger partial charge in [-0.25, -0.2) is 9.78 Å². The van der Waals surface area contributed by atoms with Gasteiger partial charge in [-0.2, -0.15) is 5.26 Å². The first-order valence-electron chi connectivity index (χ1n) is 8.47. The molecule has 0 saturated carbocycles. The molecular weight excluding hydrogens is 434 g/mol. The molecule has 0 aliphatic carbocycles. The molecule has 0 fully saturated rings. The van der Waals surface area contributed by atoms with Gasteiger partial charge < -0.3 is 19.5 Å². The molecule has 0 aliphatic rings. The Morgan fingerprint density at radius 2 is 2.10 bits per heavy atom. The molecule has 1 aromatic carbocycles. The molecule has 0 unspecified atom stereocenters. The van der Waals surface area contributed by atoms with Gasteiger partial charge >= 0.3 is 5.97 Å². The summed E-state index contributed by atoms with van der Waals surface area (Å²) >= 11 is 8.46. The van der Waals surface area contributed by atoms with Gasteiger partial charge in [0.15, 0.2) is 10.0 Å². The number of thiazole rings is 1. The van der Waals surface area contributed by atoms with E-state index in [1.165, 1.54) is 30.2 Å². The average Bonchev–Trinajstić information content (AvgIpc) is 3.15. The largest absolute Gasteiger partial charge is 0.488 e. The minimum Gasteiger partial charge on any atom is -0.488 e. The Morgan fingerprint density at radius 1 is 1.34 bits per heavy atom. The third kappa shape index (κ3) is 7.59. The predicted octanol–water partition coefficient (Wildman–Crippen LogP) is 3.75. The van der Waals surface area contributed by atoms with Gasteiger partial charge in [-0.05, 0) is 24.0 Å². The Labute approximate surface area is 182 Å². The van der Waals surface area contributed by atoms with E-state index < -0.39 is 5.97 Å². The van der Waals surface area contributed by atoms with Gasteiger partial charge in [-0.15, -0.1) is 23.1 Å². The lowest BCUT2D eigenvalue weighted by Crippen LogP contribution is -2.18. The molecule has 0 aliphatic heterocycles. The Balaban J connectivity index is 1.92. The maximum atomic E-state index is 12.1. The van der Waals surface area contributed by atoms with E-state index >= 15 is 0 Å². The maximum absolute atomic E-state index is 12.1. The smallest absolute Gasteiger partial charge is 0.351 e. The molecule has 1 aromatic heterocycles. The molecular formula is C19H20ClN3O4S2. The molecule has 0 amide bonds. The van der Waals surface area contributed by atoms with E-state index in [1.54, 1.807) is 12.5 Å². The molecule has 2 rings (SSSR count). The zero-order valence-electron chi connectivity index (χ0n) is 15.9. The number of nitrogens with one attached hydrogen (secondary N) is 1. The van der Waals surface area contributed by atoms with Gasteiger partial charge in [0, 0.05) is 19.9 Å². The quantitative estimate of drug-likeness (QED) is 0.238. The van der Waals surface area contributed by atoms with Crippen molar-refractivity contribution >= 4 is 40.7 Å². The molecule has 29 heavy (non-hydrogen) atoms. The molecule has 2 aromatic rings. The van der Waals surface area contributed by atoms with Gasteiger partial charge in [-0.1, -0.05) is 23.7 Å². The van der Waals surface area contributed by atoms with Crippen LogP contribution in [0.2, 0.25) is 4.47 Å². The molecule has 154 valence electrons. The fourth-order valence-electron chi connectivity index (χ4n) is 2.13. The van der Waals surface area contributed by atoms with Crippen molar-refractivity contribution in [1.29, 1.82) is 5.26 Å². The van der Waals surface area contributed by atoms with Gasteiger partial charge in [0.25, 0.3) is 0 Å². The molecule has 7 nitrogen and oxygen atoms in total. The van der Waals surface area contributed by atoms with Crippen molar-refractivity contribution in [3.8, 4) is 11.8 Å². The molecule has 1 heterocycles. The van der Waals surface area contributed by atoms with Crippen LogP contribution in [0, 0.1) is 11.3 Å². The average molecular weight is 454 g/mol. The SMILES string of the molecule is COCCOC(=O)/C(C#N)=C(\NCc1ccc(OCc2cnc(Cl)s2)cc1)SC. The molecule has 0 atom stereocenters. The van der Waals surface area contributed by atoms with Crippen molar-refractivity contribution < 1.29 is 19.0 Å². The summed E-state index contributed by atoms with van der Waals surface area (Å²) < 4.78 is 16.1. The number of thioether (sulfide) groups is 1.